The van der Waals surface area contributed by atoms with Gasteiger partial charge in [-0.1, -0.05) is 150 Å². The number of hydrogen-bond acceptors (Lipinski definition) is 0. The van der Waals surface area contributed by atoms with Gasteiger partial charge in [-0.25, -0.2) is 0 Å². The van der Waals surface area contributed by atoms with Crippen LogP contribution in [-0.4, -0.2) is 0 Å². The van der Waals surface area contributed by atoms with Crippen LogP contribution < -0.4 is 0 Å². The van der Waals surface area contributed by atoms with E-state index >= 15 is 0 Å². The topological polar surface area (TPSA) is 0 Å². The summed E-state index contributed by atoms with van der Waals surface area (Å²) in [6, 6.07) is 0. The lowest BCUT2D eigenvalue weighted by atomic mass is 9.82. The van der Waals surface area contributed by atoms with Crippen molar-refractivity contribution in [1.82, 2.24) is 0 Å². The second kappa shape index (κ2) is 21.3. The maximum absolute atomic E-state index is 2.35. The van der Waals surface area contributed by atoms with Crippen LogP contribution in [0.2, 0.25) is 0 Å². The molecular formula is C26H54. The molecule has 0 aromatic heterocycles. The molecule has 0 aromatic carbocycles. The first-order valence-corrected chi connectivity index (χ1v) is 12.8. The van der Waals surface area contributed by atoms with Crippen molar-refractivity contribution in [2.75, 3.05) is 0 Å². The molecule has 0 saturated carbocycles. The molecule has 0 aliphatic rings. The van der Waals surface area contributed by atoms with Crippen molar-refractivity contribution >= 4 is 0 Å². The third-order valence-electron chi connectivity index (χ3n) is 6.28. The van der Waals surface area contributed by atoms with Crippen molar-refractivity contribution in [2.45, 2.75) is 156 Å². The molecule has 0 bridgehead atoms. The summed E-state index contributed by atoms with van der Waals surface area (Å²) in [6.07, 6.45) is 29.3. The Balaban J connectivity index is 4.31. The maximum atomic E-state index is 2.35. The Morgan fingerprint density at radius 1 is 0.346 bits per heavy atom. The van der Waals surface area contributed by atoms with Crippen LogP contribution in [0, 0.1) is 11.8 Å². The quantitative estimate of drug-likeness (QED) is 0.177. The second-order valence-corrected chi connectivity index (χ2v) is 9.01. The standard InChI is InChI=1S/C26H54/c1-5-9-13-14-15-19-23-26(22-18-12-8-4)24-25(20-16-10-6-2)21-17-11-7-3/h25-26H,5-24H2,1-4H3. The van der Waals surface area contributed by atoms with E-state index in [1.807, 2.05) is 0 Å². The molecule has 0 spiro atoms. The zero-order valence-corrected chi connectivity index (χ0v) is 19.3. The molecule has 0 heterocycles. The van der Waals surface area contributed by atoms with E-state index in [0.717, 1.165) is 11.8 Å². The summed E-state index contributed by atoms with van der Waals surface area (Å²) in [7, 11) is 0. The average molecular weight is 367 g/mol. The van der Waals surface area contributed by atoms with Crippen molar-refractivity contribution < 1.29 is 0 Å². The summed E-state index contributed by atoms with van der Waals surface area (Å²) in [4.78, 5) is 0. The van der Waals surface area contributed by atoms with Crippen molar-refractivity contribution in [3.63, 3.8) is 0 Å². The van der Waals surface area contributed by atoms with Gasteiger partial charge in [-0.3, -0.25) is 0 Å². The van der Waals surface area contributed by atoms with Crippen molar-refractivity contribution in [1.29, 1.82) is 0 Å². The first-order chi connectivity index (χ1) is 12.8. The van der Waals surface area contributed by atoms with Gasteiger partial charge in [-0.15, -0.1) is 0 Å². The minimum atomic E-state index is 1.03. The van der Waals surface area contributed by atoms with Gasteiger partial charge in [0.15, 0.2) is 0 Å². The molecule has 0 radical (unpaired) electrons. The largest absolute Gasteiger partial charge is 0.0654 e. The third kappa shape index (κ3) is 17.4. The van der Waals surface area contributed by atoms with Crippen molar-refractivity contribution in [2.24, 2.45) is 11.8 Å². The smallest absolute Gasteiger partial charge is 0.0412 e. The van der Waals surface area contributed by atoms with E-state index in [4.69, 9.17) is 0 Å². The predicted molar refractivity (Wildman–Crippen MR) is 122 cm³/mol. The first kappa shape index (κ1) is 26.0. The predicted octanol–water partition coefficient (Wildman–Crippen LogP) is 10.1. The van der Waals surface area contributed by atoms with E-state index in [1.165, 1.54) is 122 Å². The summed E-state index contributed by atoms with van der Waals surface area (Å²) >= 11 is 0. The molecule has 26 heavy (non-hydrogen) atoms. The fourth-order valence-corrected chi connectivity index (χ4v) is 4.49. The third-order valence-corrected chi connectivity index (χ3v) is 6.28. The lowest BCUT2D eigenvalue weighted by molar-refractivity contribution is 0.284. The molecule has 0 N–H and O–H groups in total. The van der Waals surface area contributed by atoms with Crippen LogP contribution in [-0.2, 0) is 0 Å². The average Bonchev–Trinajstić information content (AvgIpc) is 2.64. The SMILES string of the molecule is CCCCCCCCC(CCCCC)CC(CCCCC)CCCCC. The van der Waals surface area contributed by atoms with Crippen LogP contribution in [0.5, 0.6) is 0 Å². The second-order valence-electron chi connectivity index (χ2n) is 9.01. The van der Waals surface area contributed by atoms with E-state index < -0.39 is 0 Å². The number of rotatable bonds is 21. The van der Waals surface area contributed by atoms with Gasteiger partial charge in [0, 0.05) is 0 Å². The van der Waals surface area contributed by atoms with E-state index in [9.17, 15) is 0 Å². The Bertz CT molecular complexity index is 234. The van der Waals surface area contributed by atoms with Gasteiger partial charge in [-0.05, 0) is 18.3 Å². The van der Waals surface area contributed by atoms with E-state index in [0.29, 0.717) is 0 Å². The lowest BCUT2D eigenvalue weighted by Crippen LogP contribution is -2.10. The molecule has 0 aliphatic carbocycles. The van der Waals surface area contributed by atoms with Crippen LogP contribution in [0.15, 0.2) is 0 Å². The minimum Gasteiger partial charge on any atom is -0.0654 e. The summed E-state index contributed by atoms with van der Waals surface area (Å²) < 4.78 is 0. The van der Waals surface area contributed by atoms with Gasteiger partial charge in [0.2, 0.25) is 0 Å². The monoisotopic (exact) mass is 366 g/mol. The van der Waals surface area contributed by atoms with Crippen LogP contribution in [0.25, 0.3) is 0 Å². The normalized spacial score (nSPS) is 12.8. The molecule has 1 unspecified atom stereocenters. The zero-order chi connectivity index (χ0) is 19.3. The van der Waals surface area contributed by atoms with Gasteiger partial charge in [0.25, 0.3) is 0 Å². The summed E-state index contributed by atoms with van der Waals surface area (Å²) in [5, 5.41) is 0. The highest BCUT2D eigenvalue weighted by atomic mass is 14.2. The maximum Gasteiger partial charge on any atom is -0.0412 e. The van der Waals surface area contributed by atoms with Gasteiger partial charge in [0.1, 0.15) is 0 Å². The van der Waals surface area contributed by atoms with E-state index in [2.05, 4.69) is 27.7 Å². The molecular weight excluding hydrogens is 312 g/mol. The van der Waals surface area contributed by atoms with Crippen LogP contribution in [0.3, 0.4) is 0 Å². The number of hydrogen-bond donors (Lipinski definition) is 0. The zero-order valence-electron chi connectivity index (χ0n) is 19.3. The van der Waals surface area contributed by atoms with E-state index in [1.54, 1.807) is 6.42 Å². The Labute approximate surface area is 168 Å². The first-order valence-electron chi connectivity index (χ1n) is 12.8. The molecule has 0 amide bonds. The van der Waals surface area contributed by atoms with Gasteiger partial charge in [0.05, 0.1) is 0 Å². The summed E-state index contributed by atoms with van der Waals surface area (Å²) in [5.41, 5.74) is 0. The Morgan fingerprint density at radius 3 is 1.00 bits per heavy atom. The number of unbranched alkanes of at least 4 members (excludes halogenated alkanes) is 11. The van der Waals surface area contributed by atoms with Crippen LogP contribution in [0.4, 0.5) is 0 Å². The van der Waals surface area contributed by atoms with E-state index in [-0.39, 0.29) is 0 Å². The van der Waals surface area contributed by atoms with Gasteiger partial charge in [-0.2, -0.15) is 0 Å². The minimum absolute atomic E-state index is 1.03. The lowest BCUT2D eigenvalue weighted by Gasteiger charge is -2.24. The van der Waals surface area contributed by atoms with Crippen molar-refractivity contribution in [3.8, 4) is 0 Å². The molecule has 0 heteroatoms. The molecule has 0 aliphatic heterocycles. The van der Waals surface area contributed by atoms with Crippen LogP contribution in [0.1, 0.15) is 156 Å². The highest BCUT2D eigenvalue weighted by Gasteiger charge is 2.16. The molecule has 0 nitrogen and oxygen atoms in total. The highest BCUT2D eigenvalue weighted by Crippen LogP contribution is 2.30. The molecule has 0 fully saturated rings. The highest BCUT2D eigenvalue weighted by molar-refractivity contribution is 4.69. The summed E-state index contributed by atoms with van der Waals surface area (Å²) in [6.45, 7) is 9.36. The molecule has 0 rings (SSSR count). The fraction of sp³-hybridized carbons (Fsp3) is 1.00. The molecule has 0 saturated heterocycles. The summed E-state index contributed by atoms with van der Waals surface area (Å²) in [5.74, 6) is 2.06. The fourth-order valence-electron chi connectivity index (χ4n) is 4.49. The van der Waals surface area contributed by atoms with Crippen LogP contribution >= 0.6 is 0 Å². The Kier molecular flexibility index (Phi) is 21.3. The Hall–Kier alpha value is 0. The molecule has 158 valence electrons. The van der Waals surface area contributed by atoms with Gasteiger partial charge >= 0.3 is 0 Å². The van der Waals surface area contributed by atoms with Gasteiger partial charge < -0.3 is 0 Å². The molecule has 1 atom stereocenters. The molecule has 0 aromatic rings. The van der Waals surface area contributed by atoms with Crippen molar-refractivity contribution in [3.05, 3.63) is 0 Å². The Morgan fingerprint density at radius 2 is 0.615 bits per heavy atom.